The minimum atomic E-state index is -0.603. The summed E-state index contributed by atoms with van der Waals surface area (Å²) >= 11 is 3.07. The second-order valence-electron chi connectivity index (χ2n) is 7.58. The number of nitro groups is 2. The zero-order chi connectivity index (χ0) is 27.9. The summed E-state index contributed by atoms with van der Waals surface area (Å²) in [5, 5.41) is 42.2. The van der Waals surface area contributed by atoms with Gasteiger partial charge in [-0.2, -0.15) is 20.1 Å². The second-order valence-corrected chi connectivity index (χ2v) is 8.44. The number of aromatic hydroxyl groups is 1. The Hall–Kier alpha value is -5.38. The zero-order valence-electron chi connectivity index (χ0n) is 19.9. The van der Waals surface area contributed by atoms with E-state index in [1.807, 2.05) is 0 Å². The van der Waals surface area contributed by atoms with Crippen molar-refractivity contribution in [3.8, 4) is 11.5 Å². The first-order chi connectivity index (χ1) is 18.7. The summed E-state index contributed by atoms with van der Waals surface area (Å²) < 4.78 is 5.28. The number of nitrogens with one attached hydrogen (secondary N) is 3. The van der Waals surface area contributed by atoms with Crippen LogP contribution in [0.3, 0.4) is 0 Å². The molecule has 0 aliphatic carbocycles. The molecule has 0 atom stereocenters. The monoisotopic (exact) mass is 595 g/mol. The number of anilines is 5. The first kappa shape index (κ1) is 26.7. The molecule has 0 amide bonds. The Bertz CT molecular complexity index is 1550. The van der Waals surface area contributed by atoms with E-state index < -0.39 is 9.85 Å². The third-order valence-electron chi connectivity index (χ3n) is 4.97. The fraction of sp³-hybridized carbons (Fsp3) is 0.0435. The van der Waals surface area contributed by atoms with Crippen LogP contribution in [-0.2, 0) is 0 Å². The smallest absolute Gasteiger partial charge is 0.271 e. The molecule has 15 nitrogen and oxygen atoms in total. The number of halogens is 1. The number of aromatic nitrogens is 3. The van der Waals surface area contributed by atoms with Crippen molar-refractivity contribution in [3.63, 3.8) is 0 Å². The van der Waals surface area contributed by atoms with Gasteiger partial charge in [0.05, 0.1) is 27.6 Å². The molecule has 1 aromatic heterocycles. The molecule has 0 fully saturated rings. The van der Waals surface area contributed by atoms with Crippen LogP contribution in [0.1, 0.15) is 5.56 Å². The molecular weight excluding hydrogens is 578 g/mol. The maximum atomic E-state index is 11.1. The minimum Gasteiger partial charge on any atom is -0.506 e. The lowest BCUT2D eigenvalue weighted by molar-refractivity contribution is -0.385. The number of nitrogens with zero attached hydrogens (tertiary/aromatic N) is 6. The maximum absolute atomic E-state index is 11.1. The molecule has 0 spiro atoms. The number of rotatable bonds is 10. The van der Waals surface area contributed by atoms with Gasteiger partial charge in [0.15, 0.2) is 0 Å². The largest absolute Gasteiger partial charge is 0.506 e. The Labute approximate surface area is 228 Å². The predicted molar refractivity (Wildman–Crippen MR) is 146 cm³/mol. The molecule has 4 N–H and O–H groups in total. The summed E-state index contributed by atoms with van der Waals surface area (Å²) in [6.45, 7) is 0. The Morgan fingerprint density at radius 2 is 1.41 bits per heavy atom. The molecule has 0 saturated heterocycles. The van der Waals surface area contributed by atoms with Crippen molar-refractivity contribution in [2.24, 2.45) is 5.10 Å². The highest BCUT2D eigenvalue weighted by molar-refractivity contribution is 9.10. The van der Waals surface area contributed by atoms with Crippen LogP contribution in [0.4, 0.5) is 40.6 Å². The van der Waals surface area contributed by atoms with Gasteiger partial charge in [0.2, 0.25) is 17.8 Å². The normalized spacial score (nSPS) is 10.7. The third kappa shape index (κ3) is 6.89. The molecular formula is C23H18BrN9O6. The Morgan fingerprint density at radius 1 is 0.872 bits per heavy atom. The van der Waals surface area contributed by atoms with Crippen LogP contribution in [0.15, 0.2) is 70.2 Å². The van der Waals surface area contributed by atoms with Crippen molar-refractivity contribution < 1.29 is 19.7 Å². The van der Waals surface area contributed by atoms with Gasteiger partial charge in [-0.3, -0.25) is 20.2 Å². The number of phenolic OH excluding ortho intramolecular Hbond substituents is 1. The van der Waals surface area contributed by atoms with Gasteiger partial charge in [-0.15, -0.1) is 0 Å². The molecule has 0 saturated carbocycles. The molecule has 0 radical (unpaired) electrons. The maximum Gasteiger partial charge on any atom is 0.271 e. The standard InChI is InChI=1S/C23H18BrN9O6/c1-39-18-8-4-15(5-9-18)27-22-28-21(26-14-2-6-16(7-3-14)32(35)36)29-23(30-22)31-25-12-13-10-17(33(37)38)11-19(24)20(13)34/h2-12,34H,1H3,(H3,26,27,28,29,30,31)/b25-12+. The highest BCUT2D eigenvalue weighted by Gasteiger charge is 2.14. The quantitative estimate of drug-likeness (QED) is 0.107. The molecule has 3 aromatic carbocycles. The Morgan fingerprint density at radius 3 is 1.95 bits per heavy atom. The number of hydrazone groups is 1. The van der Waals surface area contributed by atoms with E-state index in [0.29, 0.717) is 17.1 Å². The first-order valence-corrected chi connectivity index (χ1v) is 11.7. The first-order valence-electron chi connectivity index (χ1n) is 10.9. The zero-order valence-corrected chi connectivity index (χ0v) is 21.5. The van der Waals surface area contributed by atoms with Crippen molar-refractivity contribution in [1.29, 1.82) is 0 Å². The molecule has 1 heterocycles. The molecule has 0 aliphatic rings. The number of hydrogen-bond acceptors (Lipinski definition) is 13. The number of nitro benzene ring substituents is 2. The molecule has 198 valence electrons. The fourth-order valence-electron chi connectivity index (χ4n) is 3.11. The van der Waals surface area contributed by atoms with E-state index >= 15 is 0 Å². The number of ether oxygens (including phenoxy) is 1. The van der Waals surface area contributed by atoms with E-state index in [1.165, 1.54) is 30.3 Å². The van der Waals surface area contributed by atoms with Crippen molar-refractivity contribution in [2.45, 2.75) is 0 Å². The Kier molecular flexibility index (Phi) is 8.06. The van der Waals surface area contributed by atoms with Crippen LogP contribution in [0.2, 0.25) is 0 Å². The lowest BCUT2D eigenvalue weighted by Gasteiger charge is -2.10. The van der Waals surface area contributed by atoms with Gasteiger partial charge < -0.3 is 20.5 Å². The fourth-order valence-corrected chi connectivity index (χ4v) is 3.57. The van der Waals surface area contributed by atoms with E-state index in [-0.39, 0.29) is 45.0 Å². The average Bonchev–Trinajstić information content (AvgIpc) is 2.91. The van der Waals surface area contributed by atoms with Crippen LogP contribution >= 0.6 is 15.9 Å². The summed E-state index contributed by atoms with van der Waals surface area (Å²) in [5.41, 5.74) is 3.46. The number of methoxy groups -OCH3 is 1. The topological polar surface area (TPSA) is 203 Å². The molecule has 39 heavy (non-hydrogen) atoms. The highest BCUT2D eigenvalue weighted by atomic mass is 79.9. The van der Waals surface area contributed by atoms with E-state index in [1.54, 1.807) is 31.4 Å². The average molecular weight is 596 g/mol. The summed E-state index contributed by atoms with van der Waals surface area (Å²) in [5.74, 6) is 0.589. The number of phenols is 1. The number of hydrogen-bond donors (Lipinski definition) is 4. The number of benzene rings is 3. The molecule has 4 aromatic rings. The van der Waals surface area contributed by atoms with Gasteiger partial charge in [0.1, 0.15) is 11.5 Å². The van der Waals surface area contributed by atoms with Crippen molar-refractivity contribution in [1.82, 2.24) is 15.0 Å². The lowest BCUT2D eigenvalue weighted by Crippen LogP contribution is -2.07. The van der Waals surface area contributed by atoms with Crippen molar-refractivity contribution in [2.75, 3.05) is 23.2 Å². The molecule has 16 heteroatoms. The lowest BCUT2D eigenvalue weighted by atomic mass is 10.2. The SMILES string of the molecule is COc1ccc(Nc2nc(N/N=C/c3cc([N+](=O)[O-])cc(Br)c3O)nc(Nc3ccc([N+](=O)[O-])cc3)n2)cc1. The van der Waals surface area contributed by atoms with Gasteiger partial charge in [-0.05, 0) is 52.3 Å². The Balaban J connectivity index is 1.61. The van der Waals surface area contributed by atoms with Crippen LogP contribution in [-0.4, -0.2) is 43.2 Å². The van der Waals surface area contributed by atoms with Gasteiger partial charge >= 0.3 is 0 Å². The molecule has 0 aliphatic heterocycles. The summed E-state index contributed by atoms with van der Waals surface area (Å²) in [4.78, 5) is 33.8. The van der Waals surface area contributed by atoms with Crippen LogP contribution in [0.5, 0.6) is 11.5 Å². The van der Waals surface area contributed by atoms with Gasteiger partial charge in [0.25, 0.3) is 11.4 Å². The van der Waals surface area contributed by atoms with E-state index in [9.17, 15) is 25.3 Å². The highest BCUT2D eigenvalue weighted by Crippen LogP contribution is 2.31. The van der Waals surface area contributed by atoms with Crippen LogP contribution in [0, 0.1) is 20.2 Å². The molecule has 4 rings (SSSR count). The van der Waals surface area contributed by atoms with Gasteiger partial charge in [-0.1, -0.05) is 0 Å². The van der Waals surface area contributed by atoms with Crippen LogP contribution < -0.4 is 20.8 Å². The summed E-state index contributed by atoms with van der Waals surface area (Å²) in [7, 11) is 1.55. The number of non-ortho nitro benzene ring substituents is 2. The van der Waals surface area contributed by atoms with Crippen molar-refractivity contribution >= 4 is 62.7 Å². The van der Waals surface area contributed by atoms with E-state index in [2.05, 4.69) is 52.0 Å². The molecule has 0 bridgehead atoms. The predicted octanol–water partition coefficient (Wildman–Crippen LogP) is 5.10. The van der Waals surface area contributed by atoms with E-state index in [4.69, 9.17) is 4.74 Å². The van der Waals surface area contributed by atoms with Gasteiger partial charge in [0, 0.05) is 41.2 Å². The van der Waals surface area contributed by atoms with Gasteiger partial charge in [-0.25, -0.2) is 5.43 Å². The summed E-state index contributed by atoms with van der Waals surface area (Å²) in [6.07, 6.45) is 1.16. The van der Waals surface area contributed by atoms with Crippen molar-refractivity contribution in [3.05, 3.63) is 90.9 Å². The second kappa shape index (κ2) is 11.8. The summed E-state index contributed by atoms with van der Waals surface area (Å²) in [6, 6.07) is 14.9. The molecule has 0 unspecified atom stereocenters. The minimum absolute atomic E-state index is 0.0225. The van der Waals surface area contributed by atoms with Crippen LogP contribution in [0.25, 0.3) is 0 Å². The third-order valence-corrected chi connectivity index (χ3v) is 5.58. The van der Waals surface area contributed by atoms with E-state index in [0.717, 1.165) is 12.3 Å².